The lowest BCUT2D eigenvalue weighted by Gasteiger charge is -2.08. The first-order valence-electron chi connectivity index (χ1n) is 5.53. The third-order valence-corrected chi connectivity index (χ3v) is 2.72. The van der Waals surface area contributed by atoms with Gasteiger partial charge in [-0.25, -0.2) is 4.98 Å². The zero-order valence-electron chi connectivity index (χ0n) is 10.4. The molecule has 19 heavy (non-hydrogen) atoms. The molecular weight excluding hydrogens is 268 g/mol. The molecule has 0 unspecified atom stereocenters. The topological polar surface area (TPSA) is 65.3 Å². The molecule has 0 radical (unpaired) electrons. The first-order chi connectivity index (χ1) is 8.95. The van der Waals surface area contributed by atoms with Crippen molar-refractivity contribution < 1.29 is 9.66 Å². The second-order valence-electron chi connectivity index (χ2n) is 4.11. The highest BCUT2D eigenvalue weighted by atomic mass is 35.5. The lowest BCUT2D eigenvalue weighted by atomic mass is 10.1. The van der Waals surface area contributed by atoms with Crippen LogP contribution in [0.5, 0.6) is 11.6 Å². The molecule has 0 aliphatic carbocycles. The molecule has 0 bridgehead atoms. The Bertz CT molecular complexity index is 644. The number of aromatic nitrogens is 1. The van der Waals surface area contributed by atoms with E-state index in [1.54, 1.807) is 0 Å². The van der Waals surface area contributed by atoms with Crippen LogP contribution in [-0.2, 0) is 0 Å². The monoisotopic (exact) mass is 278 g/mol. The van der Waals surface area contributed by atoms with Gasteiger partial charge < -0.3 is 4.74 Å². The van der Waals surface area contributed by atoms with Gasteiger partial charge in [-0.3, -0.25) is 10.1 Å². The minimum absolute atomic E-state index is 0.0227. The second kappa shape index (κ2) is 5.24. The molecule has 0 spiro atoms. The van der Waals surface area contributed by atoms with Crippen LogP contribution in [-0.4, -0.2) is 9.91 Å². The molecule has 1 aromatic carbocycles. The maximum atomic E-state index is 10.7. The third kappa shape index (κ3) is 3.20. The number of halogens is 1. The number of aryl methyl sites for hydroxylation is 2. The molecule has 0 saturated carbocycles. The van der Waals surface area contributed by atoms with Gasteiger partial charge in [-0.15, -0.1) is 0 Å². The maximum absolute atomic E-state index is 10.7. The Hall–Kier alpha value is -2.14. The highest BCUT2D eigenvalue weighted by Crippen LogP contribution is 2.28. The average Bonchev–Trinajstić information content (AvgIpc) is 2.33. The van der Waals surface area contributed by atoms with E-state index in [0.29, 0.717) is 5.75 Å². The van der Waals surface area contributed by atoms with Crippen LogP contribution in [0.4, 0.5) is 5.69 Å². The molecule has 0 saturated heterocycles. The number of hydrogen-bond acceptors (Lipinski definition) is 4. The van der Waals surface area contributed by atoms with Crippen LogP contribution in [0, 0.1) is 24.0 Å². The highest BCUT2D eigenvalue weighted by molar-refractivity contribution is 6.29. The van der Waals surface area contributed by atoms with E-state index in [-0.39, 0.29) is 16.7 Å². The molecule has 1 aromatic heterocycles. The van der Waals surface area contributed by atoms with Gasteiger partial charge in [0, 0.05) is 0 Å². The van der Waals surface area contributed by atoms with Crippen molar-refractivity contribution in [2.24, 2.45) is 0 Å². The Balaban J connectivity index is 2.38. The van der Waals surface area contributed by atoms with Crippen LogP contribution in [0.15, 0.2) is 30.3 Å². The predicted molar refractivity (Wildman–Crippen MR) is 71.9 cm³/mol. The number of benzene rings is 1. The number of hydrogen-bond donors (Lipinski definition) is 0. The average molecular weight is 279 g/mol. The summed E-state index contributed by atoms with van der Waals surface area (Å²) < 4.78 is 5.56. The van der Waals surface area contributed by atoms with Crippen LogP contribution in [0.1, 0.15) is 11.1 Å². The highest BCUT2D eigenvalue weighted by Gasteiger charge is 2.12. The Kier molecular flexibility index (Phi) is 3.66. The van der Waals surface area contributed by atoms with Gasteiger partial charge in [0.25, 0.3) is 5.69 Å². The smallest absolute Gasteiger partial charge is 0.277 e. The Morgan fingerprint density at radius 2 is 2.00 bits per heavy atom. The van der Waals surface area contributed by atoms with E-state index in [9.17, 15) is 10.1 Å². The Morgan fingerprint density at radius 1 is 1.26 bits per heavy atom. The lowest BCUT2D eigenvalue weighted by molar-refractivity contribution is -0.385. The minimum Gasteiger partial charge on any atom is -0.438 e. The molecule has 0 atom stereocenters. The summed E-state index contributed by atoms with van der Waals surface area (Å²) in [4.78, 5) is 14.1. The molecule has 2 rings (SSSR count). The van der Waals surface area contributed by atoms with Crippen molar-refractivity contribution in [1.82, 2.24) is 4.98 Å². The Morgan fingerprint density at radius 3 is 2.68 bits per heavy atom. The van der Waals surface area contributed by atoms with Crippen LogP contribution >= 0.6 is 11.6 Å². The lowest BCUT2D eigenvalue weighted by Crippen LogP contribution is -1.94. The van der Waals surface area contributed by atoms with Crippen LogP contribution in [0.25, 0.3) is 0 Å². The summed E-state index contributed by atoms with van der Waals surface area (Å²) in [6.45, 7) is 3.81. The second-order valence-corrected chi connectivity index (χ2v) is 4.50. The molecule has 0 fully saturated rings. The molecule has 1 heterocycles. The molecule has 0 aliphatic heterocycles. The van der Waals surface area contributed by atoms with Crippen molar-refractivity contribution >= 4 is 17.3 Å². The molecule has 6 heteroatoms. The van der Waals surface area contributed by atoms with Crippen LogP contribution in [0.2, 0.25) is 5.15 Å². The number of nitrogens with zero attached hydrogens (tertiary/aromatic N) is 2. The Labute approximate surface area is 115 Å². The normalized spacial score (nSPS) is 10.3. The van der Waals surface area contributed by atoms with Crippen molar-refractivity contribution in [3.8, 4) is 11.6 Å². The number of nitro groups is 1. The van der Waals surface area contributed by atoms with E-state index < -0.39 is 4.92 Å². The van der Waals surface area contributed by atoms with E-state index in [4.69, 9.17) is 16.3 Å². The number of ether oxygens (including phenoxy) is 1. The van der Waals surface area contributed by atoms with E-state index in [1.165, 1.54) is 12.1 Å². The molecule has 2 aromatic rings. The molecule has 5 nitrogen and oxygen atoms in total. The molecule has 0 aliphatic rings. The van der Waals surface area contributed by atoms with Gasteiger partial charge in [0.05, 0.1) is 17.1 Å². The molecule has 98 valence electrons. The predicted octanol–water partition coefficient (Wildman–Crippen LogP) is 4.05. The fraction of sp³-hybridized carbons (Fsp3) is 0.154. The number of rotatable bonds is 3. The van der Waals surface area contributed by atoms with Crippen LogP contribution < -0.4 is 4.74 Å². The molecular formula is C13H11ClN2O3. The summed E-state index contributed by atoms with van der Waals surface area (Å²) in [5, 5.41) is 10.8. The van der Waals surface area contributed by atoms with Gasteiger partial charge in [0.2, 0.25) is 5.88 Å². The largest absolute Gasteiger partial charge is 0.438 e. The van der Waals surface area contributed by atoms with Gasteiger partial charge in [-0.2, -0.15) is 0 Å². The van der Waals surface area contributed by atoms with Crippen molar-refractivity contribution in [3.63, 3.8) is 0 Å². The van der Waals surface area contributed by atoms with Crippen LogP contribution in [0.3, 0.4) is 0 Å². The van der Waals surface area contributed by atoms with Crippen molar-refractivity contribution in [3.05, 3.63) is 56.7 Å². The van der Waals surface area contributed by atoms with Gasteiger partial charge in [-0.05, 0) is 31.0 Å². The SMILES string of the molecule is Cc1ccc(C)c(Oc2cc([N+](=O)[O-])cc(Cl)n2)c1. The van der Waals surface area contributed by atoms with E-state index in [0.717, 1.165) is 11.1 Å². The fourth-order valence-corrected chi connectivity index (χ4v) is 1.74. The van der Waals surface area contributed by atoms with Gasteiger partial charge >= 0.3 is 0 Å². The molecule has 0 N–H and O–H groups in total. The first kappa shape index (κ1) is 13.3. The summed E-state index contributed by atoms with van der Waals surface area (Å²) in [5.41, 5.74) is 1.78. The van der Waals surface area contributed by atoms with E-state index in [2.05, 4.69) is 4.98 Å². The summed E-state index contributed by atoms with van der Waals surface area (Å²) >= 11 is 5.74. The fourth-order valence-electron chi connectivity index (χ4n) is 1.55. The summed E-state index contributed by atoms with van der Waals surface area (Å²) in [7, 11) is 0. The molecule has 0 amide bonds. The summed E-state index contributed by atoms with van der Waals surface area (Å²) in [6.07, 6.45) is 0. The van der Waals surface area contributed by atoms with E-state index in [1.807, 2.05) is 32.0 Å². The van der Waals surface area contributed by atoms with Crippen molar-refractivity contribution in [2.45, 2.75) is 13.8 Å². The standard InChI is InChI=1S/C13H11ClN2O3/c1-8-3-4-9(2)11(5-8)19-13-7-10(16(17)18)6-12(14)15-13/h3-7H,1-2H3. The van der Waals surface area contributed by atoms with Crippen molar-refractivity contribution in [2.75, 3.05) is 0 Å². The first-order valence-corrected chi connectivity index (χ1v) is 5.90. The maximum Gasteiger partial charge on any atom is 0.277 e. The zero-order valence-corrected chi connectivity index (χ0v) is 11.1. The third-order valence-electron chi connectivity index (χ3n) is 2.52. The number of pyridine rings is 1. The zero-order chi connectivity index (χ0) is 14.0. The van der Waals surface area contributed by atoms with E-state index >= 15 is 0 Å². The van der Waals surface area contributed by atoms with Crippen molar-refractivity contribution in [1.29, 1.82) is 0 Å². The van der Waals surface area contributed by atoms with Gasteiger partial charge in [-0.1, -0.05) is 23.7 Å². The minimum atomic E-state index is -0.538. The van der Waals surface area contributed by atoms with Gasteiger partial charge in [0.15, 0.2) is 0 Å². The van der Waals surface area contributed by atoms with Gasteiger partial charge in [0.1, 0.15) is 10.9 Å². The summed E-state index contributed by atoms with van der Waals surface area (Å²) in [6, 6.07) is 8.12. The summed E-state index contributed by atoms with van der Waals surface area (Å²) in [5.74, 6) is 0.706. The quantitative estimate of drug-likeness (QED) is 0.482.